The summed E-state index contributed by atoms with van der Waals surface area (Å²) in [5.74, 6) is 1.81. The number of nitrogens with zero attached hydrogens (tertiary/aromatic N) is 4. The third-order valence-electron chi connectivity index (χ3n) is 5.33. The number of thioether (sulfide) groups is 1. The SMILES string of the molecule is COCc1cc(N2CCCC2)nc(SCc2ccc(C(=O)N3CCOCC3)cc2)n1. The summed E-state index contributed by atoms with van der Waals surface area (Å²) in [6.07, 6.45) is 2.42. The number of aromatic nitrogens is 2. The Morgan fingerprint density at radius 3 is 2.53 bits per heavy atom. The van der Waals surface area contributed by atoms with Crippen LogP contribution < -0.4 is 4.90 Å². The van der Waals surface area contributed by atoms with Crippen LogP contribution in [0.2, 0.25) is 0 Å². The lowest BCUT2D eigenvalue weighted by atomic mass is 10.1. The molecular weight excluding hydrogens is 400 g/mol. The van der Waals surface area contributed by atoms with Gasteiger partial charge in [0.05, 0.1) is 25.5 Å². The Hall–Kier alpha value is -2.16. The summed E-state index contributed by atoms with van der Waals surface area (Å²) in [6.45, 7) is 5.12. The van der Waals surface area contributed by atoms with E-state index in [0.717, 1.165) is 46.6 Å². The van der Waals surface area contributed by atoms with Crippen LogP contribution in [0.5, 0.6) is 0 Å². The van der Waals surface area contributed by atoms with E-state index in [-0.39, 0.29) is 5.91 Å². The minimum Gasteiger partial charge on any atom is -0.378 e. The summed E-state index contributed by atoms with van der Waals surface area (Å²) in [7, 11) is 1.68. The Labute approximate surface area is 181 Å². The number of hydrogen-bond donors (Lipinski definition) is 0. The number of benzene rings is 1. The molecule has 8 heteroatoms. The van der Waals surface area contributed by atoms with Gasteiger partial charge in [0, 0.05) is 50.7 Å². The van der Waals surface area contributed by atoms with E-state index < -0.39 is 0 Å². The number of anilines is 1. The highest BCUT2D eigenvalue weighted by Crippen LogP contribution is 2.25. The molecule has 0 N–H and O–H groups in total. The highest BCUT2D eigenvalue weighted by molar-refractivity contribution is 7.98. The summed E-state index contributed by atoms with van der Waals surface area (Å²) in [6, 6.07) is 9.88. The molecule has 7 nitrogen and oxygen atoms in total. The Morgan fingerprint density at radius 1 is 1.10 bits per heavy atom. The van der Waals surface area contributed by atoms with Crippen molar-refractivity contribution in [1.82, 2.24) is 14.9 Å². The Balaban J connectivity index is 1.40. The highest BCUT2D eigenvalue weighted by Gasteiger charge is 2.19. The summed E-state index contributed by atoms with van der Waals surface area (Å²) in [5.41, 5.74) is 2.77. The van der Waals surface area contributed by atoms with Crippen molar-refractivity contribution in [3.8, 4) is 0 Å². The molecule has 2 saturated heterocycles. The standard InChI is InChI=1S/C22H28N4O3S/c1-28-15-19-14-20(25-8-2-3-9-25)24-22(23-19)30-16-17-4-6-18(7-5-17)21(27)26-10-12-29-13-11-26/h4-7,14H,2-3,8-13,15-16H2,1H3. The molecule has 4 rings (SSSR count). The summed E-state index contributed by atoms with van der Waals surface area (Å²) < 4.78 is 10.6. The van der Waals surface area contributed by atoms with Crippen molar-refractivity contribution >= 4 is 23.5 Å². The van der Waals surface area contributed by atoms with Crippen LogP contribution in [0.15, 0.2) is 35.5 Å². The van der Waals surface area contributed by atoms with E-state index in [4.69, 9.17) is 14.5 Å². The second-order valence-corrected chi connectivity index (χ2v) is 8.46. The van der Waals surface area contributed by atoms with Crippen LogP contribution in [0.4, 0.5) is 5.82 Å². The lowest BCUT2D eigenvalue weighted by Crippen LogP contribution is -2.40. The molecule has 2 aromatic rings. The van der Waals surface area contributed by atoms with Crippen LogP contribution in [0.25, 0.3) is 0 Å². The topological polar surface area (TPSA) is 67.8 Å². The lowest BCUT2D eigenvalue weighted by Gasteiger charge is -2.26. The first-order valence-corrected chi connectivity index (χ1v) is 11.4. The van der Waals surface area contributed by atoms with Crippen LogP contribution in [0.1, 0.15) is 34.5 Å². The maximum absolute atomic E-state index is 12.6. The molecule has 3 heterocycles. The first kappa shape index (κ1) is 21.1. The highest BCUT2D eigenvalue weighted by atomic mass is 32.2. The smallest absolute Gasteiger partial charge is 0.254 e. The molecule has 30 heavy (non-hydrogen) atoms. The van der Waals surface area contributed by atoms with Crippen LogP contribution in [-0.4, -0.2) is 67.3 Å². The number of carbonyl (C=O) groups is 1. The molecule has 2 aliphatic rings. The summed E-state index contributed by atoms with van der Waals surface area (Å²) in [5, 5.41) is 0.764. The van der Waals surface area contributed by atoms with Gasteiger partial charge in [0.15, 0.2) is 5.16 Å². The molecule has 1 aromatic heterocycles. The zero-order valence-corrected chi connectivity index (χ0v) is 18.2. The number of methoxy groups -OCH3 is 1. The van der Waals surface area contributed by atoms with Gasteiger partial charge in [-0.1, -0.05) is 23.9 Å². The zero-order chi connectivity index (χ0) is 20.8. The van der Waals surface area contributed by atoms with Crippen LogP contribution in [0.3, 0.4) is 0 Å². The van der Waals surface area contributed by atoms with E-state index in [1.54, 1.807) is 18.9 Å². The molecule has 1 aromatic carbocycles. The number of rotatable bonds is 7. The van der Waals surface area contributed by atoms with Crippen molar-refractivity contribution < 1.29 is 14.3 Å². The second-order valence-electron chi connectivity index (χ2n) is 7.52. The first-order valence-electron chi connectivity index (χ1n) is 10.4. The van der Waals surface area contributed by atoms with Crippen molar-refractivity contribution in [2.75, 3.05) is 51.4 Å². The predicted octanol–water partition coefficient (Wildman–Crippen LogP) is 2.99. The third kappa shape index (κ3) is 5.30. The molecule has 2 fully saturated rings. The average Bonchev–Trinajstić information content (AvgIpc) is 3.33. The van der Waals surface area contributed by atoms with Gasteiger partial charge in [-0.15, -0.1) is 0 Å². The molecule has 0 aliphatic carbocycles. The molecule has 0 unspecified atom stereocenters. The lowest BCUT2D eigenvalue weighted by molar-refractivity contribution is 0.0303. The molecular formula is C22H28N4O3S. The van der Waals surface area contributed by atoms with E-state index in [1.807, 2.05) is 35.2 Å². The number of amides is 1. The number of ether oxygens (including phenoxy) is 2. The largest absolute Gasteiger partial charge is 0.378 e. The van der Waals surface area contributed by atoms with E-state index in [0.29, 0.717) is 32.9 Å². The zero-order valence-electron chi connectivity index (χ0n) is 17.4. The van der Waals surface area contributed by atoms with Crippen molar-refractivity contribution in [3.63, 3.8) is 0 Å². The fourth-order valence-corrected chi connectivity index (χ4v) is 4.52. The molecule has 0 bridgehead atoms. The normalized spacial score (nSPS) is 16.8. The monoisotopic (exact) mass is 428 g/mol. The van der Waals surface area contributed by atoms with Crippen molar-refractivity contribution in [2.24, 2.45) is 0 Å². The van der Waals surface area contributed by atoms with Gasteiger partial charge >= 0.3 is 0 Å². The van der Waals surface area contributed by atoms with Gasteiger partial charge in [-0.2, -0.15) is 0 Å². The fourth-order valence-electron chi connectivity index (χ4n) is 3.69. The first-order chi connectivity index (χ1) is 14.7. The van der Waals surface area contributed by atoms with Gasteiger partial charge in [0.2, 0.25) is 0 Å². The molecule has 160 valence electrons. The second kappa shape index (κ2) is 10.2. The van der Waals surface area contributed by atoms with Gasteiger partial charge in [0.1, 0.15) is 5.82 Å². The average molecular weight is 429 g/mol. The van der Waals surface area contributed by atoms with E-state index in [1.165, 1.54) is 12.8 Å². The number of hydrogen-bond acceptors (Lipinski definition) is 7. The maximum Gasteiger partial charge on any atom is 0.254 e. The minimum absolute atomic E-state index is 0.0726. The molecule has 0 atom stereocenters. The molecule has 0 radical (unpaired) electrons. The maximum atomic E-state index is 12.6. The third-order valence-corrected chi connectivity index (χ3v) is 6.25. The quantitative estimate of drug-likeness (QED) is 0.496. The fraction of sp³-hybridized carbons (Fsp3) is 0.500. The van der Waals surface area contributed by atoms with E-state index in [2.05, 4.69) is 9.88 Å². The van der Waals surface area contributed by atoms with Crippen molar-refractivity contribution in [2.45, 2.75) is 30.4 Å². The number of morpholine rings is 1. The minimum atomic E-state index is 0.0726. The molecule has 1 amide bonds. The summed E-state index contributed by atoms with van der Waals surface area (Å²) >= 11 is 1.61. The van der Waals surface area contributed by atoms with Gasteiger partial charge in [0.25, 0.3) is 5.91 Å². The van der Waals surface area contributed by atoms with Gasteiger partial charge in [-0.05, 0) is 30.5 Å². The van der Waals surface area contributed by atoms with Crippen LogP contribution in [0, 0.1) is 0 Å². The summed E-state index contributed by atoms with van der Waals surface area (Å²) in [4.78, 5) is 26.2. The van der Waals surface area contributed by atoms with Crippen molar-refractivity contribution in [1.29, 1.82) is 0 Å². The van der Waals surface area contributed by atoms with Crippen molar-refractivity contribution in [3.05, 3.63) is 47.2 Å². The molecule has 2 aliphatic heterocycles. The van der Waals surface area contributed by atoms with Crippen LogP contribution >= 0.6 is 11.8 Å². The van der Waals surface area contributed by atoms with E-state index >= 15 is 0 Å². The Kier molecular flexibility index (Phi) is 7.20. The Bertz CT molecular complexity index is 850. The number of carbonyl (C=O) groups excluding carboxylic acids is 1. The predicted molar refractivity (Wildman–Crippen MR) is 117 cm³/mol. The molecule has 0 spiro atoms. The van der Waals surface area contributed by atoms with Gasteiger partial charge < -0.3 is 19.3 Å². The van der Waals surface area contributed by atoms with Gasteiger partial charge in [-0.25, -0.2) is 9.97 Å². The van der Waals surface area contributed by atoms with Gasteiger partial charge in [-0.3, -0.25) is 4.79 Å². The van der Waals surface area contributed by atoms with E-state index in [9.17, 15) is 4.79 Å². The van der Waals surface area contributed by atoms with Crippen LogP contribution in [-0.2, 0) is 21.8 Å². The Morgan fingerprint density at radius 2 is 1.83 bits per heavy atom. The molecule has 0 saturated carbocycles.